The van der Waals surface area contributed by atoms with E-state index in [0.717, 1.165) is 33.4 Å². The lowest BCUT2D eigenvalue weighted by Gasteiger charge is -2.10. The first-order valence-electron chi connectivity index (χ1n) is 11.7. The van der Waals surface area contributed by atoms with E-state index >= 15 is 0 Å². The first kappa shape index (κ1) is 24.3. The van der Waals surface area contributed by atoms with E-state index in [9.17, 15) is 4.79 Å². The Hall–Kier alpha value is -4.37. The van der Waals surface area contributed by atoms with Crippen LogP contribution in [0.4, 0.5) is 5.95 Å². The zero-order valence-corrected chi connectivity index (χ0v) is 21.1. The van der Waals surface area contributed by atoms with Gasteiger partial charge in [-0.25, -0.2) is 9.97 Å². The summed E-state index contributed by atoms with van der Waals surface area (Å²) in [5.41, 5.74) is 4.50. The number of aliphatic imine (C=N–C) groups is 1. The molecule has 10 heteroatoms. The number of carbonyl (C=O) groups is 1. The highest BCUT2D eigenvalue weighted by Crippen LogP contribution is 2.32. The van der Waals surface area contributed by atoms with Crippen molar-refractivity contribution in [1.29, 1.82) is 0 Å². The minimum atomic E-state index is -0.354. The molecule has 1 amide bonds. The number of anilines is 1. The van der Waals surface area contributed by atoms with Crippen molar-refractivity contribution in [2.75, 3.05) is 18.7 Å². The molecule has 37 heavy (non-hydrogen) atoms. The van der Waals surface area contributed by atoms with Crippen LogP contribution in [0.2, 0.25) is 5.02 Å². The molecule has 0 fully saturated rings. The second-order valence-electron chi connectivity index (χ2n) is 8.52. The maximum Gasteiger partial charge on any atom is 0.250 e. The molecule has 188 valence electrons. The molecule has 0 bridgehead atoms. The Morgan fingerprint density at radius 3 is 2.76 bits per heavy atom. The number of aromatic nitrogens is 3. The normalized spacial score (nSPS) is 12.9. The van der Waals surface area contributed by atoms with E-state index < -0.39 is 0 Å². The molecule has 1 aliphatic heterocycles. The van der Waals surface area contributed by atoms with Gasteiger partial charge in [0.05, 0.1) is 0 Å². The molecule has 0 radical (unpaired) electrons. The molecule has 0 saturated heterocycles. The molecule has 0 aliphatic carbocycles. The van der Waals surface area contributed by atoms with Crippen LogP contribution in [-0.4, -0.2) is 40.2 Å². The predicted octanol–water partition coefficient (Wildman–Crippen LogP) is 4.80. The van der Waals surface area contributed by atoms with Crippen molar-refractivity contribution < 1.29 is 14.3 Å². The Morgan fingerprint density at radius 2 is 1.92 bits per heavy atom. The van der Waals surface area contributed by atoms with E-state index in [1.807, 2.05) is 62.5 Å². The fourth-order valence-electron chi connectivity index (χ4n) is 3.99. The molecule has 0 unspecified atom stereocenters. The Kier molecular flexibility index (Phi) is 7.04. The van der Waals surface area contributed by atoms with Gasteiger partial charge in [0.1, 0.15) is 0 Å². The van der Waals surface area contributed by atoms with Gasteiger partial charge in [-0.3, -0.25) is 20.4 Å². The van der Waals surface area contributed by atoms with Crippen molar-refractivity contribution >= 4 is 46.4 Å². The SMILES string of the molecule is Cc1cc(C)nc(NC(=NCCc2c[nH]c3ccc(Cl)cc23)NC(=O)C=Cc2ccc3c(c2)OCO3)n1. The highest BCUT2D eigenvalue weighted by atomic mass is 35.5. The number of ether oxygens (including phenoxy) is 2. The van der Waals surface area contributed by atoms with Crippen molar-refractivity contribution in [2.45, 2.75) is 20.3 Å². The van der Waals surface area contributed by atoms with Gasteiger partial charge < -0.3 is 14.5 Å². The fourth-order valence-corrected chi connectivity index (χ4v) is 4.16. The molecule has 5 rings (SSSR count). The van der Waals surface area contributed by atoms with E-state index in [-0.39, 0.29) is 18.7 Å². The Morgan fingerprint density at radius 1 is 1.11 bits per heavy atom. The summed E-state index contributed by atoms with van der Waals surface area (Å²) in [5.74, 6) is 1.59. The van der Waals surface area contributed by atoms with Crippen molar-refractivity contribution in [2.24, 2.45) is 4.99 Å². The Bertz CT molecular complexity index is 1510. The molecule has 0 spiro atoms. The number of hydrogen-bond donors (Lipinski definition) is 3. The van der Waals surface area contributed by atoms with Gasteiger partial charge in [0.2, 0.25) is 18.7 Å². The standard InChI is InChI=1S/C27H25ClN6O3/c1-16-11-17(2)32-27(31-16)34-26(29-10-9-19-14-30-22-6-5-20(28)13-21(19)22)33-25(35)8-4-18-3-7-23-24(12-18)37-15-36-23/h3-8,11-14,30H,9-10,15H2,1-2H3,(H2,29,31,32,33,34,35). The number of aromatic amines is 1. The number of rotatable bonds is 6. The number of guanidine groups is 1. The third kappa shape index (κ3) is 6.07. The third-order valence-corrected chi connectivity index (χ3v) is 5.89. The molecular formula is C27H25ClN6O3. The minimum absolute atomic E-state index is 0.195. The molecule has 3 heterocycles. The van der Waals surface area contributed by atoms with Crippen LogP contribution in [0.3, 0.4) is 0 Å². The number of carbonyl (C=O) groups excluding carboxylic acids is 1. The lowest BCUT2D eigenvalue weighted by atomic mass is 10.1. The van der Waals surface area contributed by atoms with Gasteiger partial charge in [0.25, 0.3) is 5.91 Å². The largest absolute Gasteiger partial charge is 0.454 e. The molecular weight excluding hydrogens is 492 g/mol. The Balaban J connectivity index is 1.31. The maximum absolute atomic E-state index is 12.8. The number of H-pyrrole nitrogens is 1. The first-order chi connectivity index (χ1) is 17.9. The second-order valence-corrected chi connectivity index (χ2v) is 8.96. The van der Waals surface area contributed by atoms with Crippen LogP contribution >= 0.6 is 11.6 Å². The molecule has 2 aromatic heterocycles. The number of fused-ring (bicyclic) bond motifs is 2. The van der Waals surface area contributed by atoms with E-state index in [1.165, 1.54) is 6.08 Å². The number of benzene rings is 2. The number of aryl methyl sites for hydroxylation is 2. The zero-order valence-electron chi connectivity index (χ0n) is 20.3. The van der Waals surface area contributed by atoms with Gasteiger partial charge in [0.15, 0.2) is 11.5 Å². The van der Waals surface area contributed by atoms with Gasteiger partial charge in [-0.2, -0.15) is 0 Å². The number of nitrogens with one attached hydrogen (secondary N) is 3. The molecule has 4 aromatic rings. The molecule has 9 nitrogen and oxygen atoms in total. The first-order valence-corrected chi connectivity index (χ1v) is 12.1. The topological polar surface area (TPSA) is 114 Å². The van der Waals surface area contributed by atoms with Crippen LogP contribution in [0.15, 0.2) is 59.7 Å². The lowest BCUT2D eigenvalue weighted by molar-refractivity contribution is -0.115. The third-order valence-electron chi connectivity index (χ3n) is 5.66. The predicted molar refractivity (Wildman–Crippen MR) is 144 cm³/mol. The summed E-state index contributed by atoms with van der Waals surface area (Å²) in [5, 5.41) is 7.57. The van der Waals surface area contributed by atoms with Crippen LogP contribution < -0.4 is 20.1 Å². The van der Waals surface area contributed by atoms with Gasteiger partial charge >= 0.3 is 0 Å². The van der Waals surface area contributed by atoms with E-state index in [0.29, 0.717) is 35.4 Å². The van der Waals surface area contributed by atoms with Crippen molar-refractivity contribution in [3.63, 3.8) is 0 Å². The molecule has 2 aromatic carbocycles. The summed E-state index contributed by atoms with van der Waals surface area (Å²) >= 11 is 6.17. The molecule has 1 aliphatic rings. The van der Waals surface area contributed by atoms with E-state index in [4.69, 9.17) is 21.1 Å². The van der Waals surface area contributed by atoms with Crippen molar-refractivity contribution in [3.8, 4) is 11.5 Å². The quantitative estimate of drug-likeness (QED) is 0.193. The lowest BCUT2D eigenvalue weighted by Crippen LogP contribution is -2.35. The summed E-state index contributed by atoms with van der Waals surface area (Å²) in [6.45, 7) is 4.37. The maximum atomic E-state index is 12.8. The van der Waals surface area contributed by atoms with Crippen molar-refractivity contribution in [3.05, 3.63) is 82.3 Å². The van der Waals surface area contributed by atoms with Crippen LogP contribution in [-0.2, 0) is 11.2 Å². The van der Waals surface area contributed by atoms with Gasteiger partial charge in [-0.1, -0.05) is 17.7 Å². The molecule has 0 saturated carbocycles. The van der Waals surface area contributed by atoms with Crippen LogP contribution in [0.25, 0.3) is 17.0 Å². The van der Waals surface area contributed by atoms with Crippen molar-refractivity contribution in [1.82, 2.24) is 20.3 Å². The van der Waals surface area contributed by atoms with Crippen LogP contribution in [0, 0.1) is 13.8 Å². The molecule has 3 N–H and O–H groups in total. The number of nitrogens with zero attached hydrogens (tertiary/aromatic N) is 3. The number of hydrogen-bond acceptors (Lipinski definition) is 6. The molecule has 0 atom stereocenters. The van der Waals surface area contributed by atoms with Gasteiger partial charge in [0, 0.05) is 46.1 Å². The monoisotopic (exact) mass is 516 g/mol. The smallest absolute Gasteiger partial charge is 0.250 e. The van der Waals surface area contributed by atoms with E-state index in [2.05, 4.69) is 30.6 Å². The fraction of sp³-hybridized carbons (Fsp3) is 0.185. The second kappa shape index (κ2) is 10.7. The average molecular weight is 517 g/mol. The zero-order chi connectivity index (χ0) is 25.8. The van der Waals surface area contributed by atoms with Gasteiger partial charge in [-0.05, 0) is 73.9 Å². The van der Waals surface area contributed by atoms with Crippen LogP contribution in [0.1, 0.15) is 22.5 Å². The average Bonchev–Trinajstić information content (AvgIpc) is 3.48. The summed E-state index contributed by atoms with van der Waals surface area (Å²) < 4.78 is 10.7. The highest BCUT2D eigenvalue weighted by molar-refractivity contribution is 6.31. The number of amides is 1. The Labute approximate surface area is 218 Å². The van der Waals surface area contributed by atoms with Crippen LogP contribution in [0.5, 0.6) is 11.5 Å². The van der Waals surface area contributed by atoms with Gasteiger partial charge in [-0.15, -0.1) is 0 Å². The summed E-state index contributed by atoms with van der Waals surface area (Å²) in [6, 6.07) is 13.1. The minimum Gasteiger partial charge on any atom is -0.454 e. The summed E-state index contributed by atoms with van der Waals surface area (Å²) in [6.07, 6.45) is 5.71. The summed E-state index contributed by atoms with van der Waals surface area (Å²) in [7, 11) is 0. The summed E-state index contributed by atoms with van der Waals surface area (Å²) in [4.78, 5) is 29.4. The number of halogens is 1. The highest BCUT2D eigenvalue weighted by Gasteiger charge is 2.13. The van der Waals surface area contributed by atoms with E-state index in [1.54, 1.807) is 6.08 Å².